The van der Waals surface area contributed by atoms with E-state index in [-0.39, 0.29) is 34.6 Å². The molecule has 2 heterocycles. The summed E-state index contributed by atoms with van der Waals surface area (Å²) in [7, 11) is -3.09. The highest BCUT2D eigenvalue weighted by atomic mass is 32.2. The Balaban J connectivity index is 1.92. The Morgan fingerprint density at radius 3 is 2.72 bits per heavy atom. The van der Waals surface area contributed by atoms with Gasteiger partial charge in [-0.05, 0) is 31.4 Å². The van der Waals surface area contributed by atoms with Gasteiger partial charge in [0.2, 0.25) is 0 Å². The van der Waals surface area contributed by atoms with Crippen LogP contribution in [0.2, 0.25) is 0 Å². The third kappa shape index (κ3) is 5.15. The second kappa shape index (κ2) is 9.51. The predicted octanol–water partition coefficient (Wildman–Crippen LogP) is 3.90. The summed E-state index contributed by atoms with van der Waals surface area (Å²) in [5, 5.41) is 0.510. The number of benzene rings is 1. The fourth-order valence-electron chi connectivity index (χ4n) is 3.75. The van der Waals surface area contributed by atoms with E-state index in [1.807, 2.05) is 43.0 Å². The maximum absolute atomic E-state index is 12.7. The van der Waals surface area contributed by atoms with Gasteiger partial charge in [-0.2, -0.15) is 4.99 Å². The van der Waals surface area contributed by atoms with Crippen LogP contribution in [0.1, 0.15) is 46.5 Å². The number of amides is 1. The quantitative estimate of drug-likeness (QED) is 0.573. The lowest BCUT2D eigenvalue weighted by molar-refractivity contribution is -0.121. The molecule has 1 aromatic carbocycles. The van der Waals surface area contributed by atoms with Crippen LogP contribution in [0.4, 0.5) is 5.69 Å². The van der Waals surface area contributed by atoms with E-state index in [9.17, 15) is 13.2 Å². The van der Waals surface area contributed by atoms with Crippen LogP contribution in [0.15, 0.2) is 29.3 Å². The molecule has 1 amide bonds. The van der Waals surface area contributed by atoms with E-state index in [1.165, 1.54) is 11.8 Å². The van der Waals surface area contributed by atoms with E-state index >= 15 is 0 Å². The average Bonchev–Trinajstić information content (AvgIpc) is 3.14. The molecule has 2 fully saturated rings. The molecule has 2 saturated heterocycles. The number of rotatable bonds is 8. The van der Waals surface area contributed by atoms with Crippen LogP contribution in [-0.4, -0.2) is 48.9 Å². The fourth-order valence-corrected chi connectivity index (χ4v) is 7.67. The van der Waals surface area contributed by atoms with Gasteiger partial charge in [0, 0.05) is 22.9 Å². The smallest absolute Gasteiger partial charge is 0.251 e. The molecule has 0 radical (unpaired) electrons. The van der Waals surface area contributed by atoms with E-state index in [0.717, 1.165) is 37.1 Å². The van der Waals surface area contributed by atoms with Crippen LogP contribution in [0.25, 0.3) is 0 Å². The molecule has 8 heteroatoms. The molecule has 3 rings (SSSR count). The van der Waals surface area contributed by atoms with E-state index < -0.39 is 9.84 Å². The summed E-state index contributed by atoms with van der Waals surface area (Å²) in [5.41, 5.74) is 0.826. The number of fused-ring (bicyclic) bond motifs is 1. The van der Waals surface area contributed by atoms with Gasteiger partial charge < -0.3 is 9.64 Å². The molecule has 0 aliphatic carbocycles. The summed E-state index contributed by atoms with van der Waals surface area (Å²) in [6, 6.07) is 7.44. The molecule has 0 bridgehead atoms. The van der Waals surface area contributed by atoms with Gasteiger partial charge in [-0.1, -0.05) is 45.0 Å². The minimum atomic E-state index is -3.09. The summed E-state index contributed by atoms with van der Waals surface area (Å²) in [6.45, 7) is 6.74. The lowest BCUT2D eigenvalue weighted by atomic mass is 10.0. The van der Waals surface area contributed by atoms with Crippen molar-refractivity contribution < 1.29 is 17.9 Å². The van der Waals surface area contributed by atoms with Crippen molar-refractivity contribution >= 4 is 38.4 Å². The number of unbranched alkanes of at least 4 members (excludes halogenated alkanes) is 1. The van der Waals surface area contributed by atoms with Crippen molar-refractivity contribution in [1.82, 2.24) is 0 Å². The third-order valence-corrected chi connectivity index (χ3v) is 8.68. The number of nitrogens with zero attached hydrogens (tertiary/aromatic N) is 2. The molecule has 0 aromatic heterocycles. The summed E-state index contributed by atoms with van der Waals surface area (Å²) in [4.78, 5) is 19.0. The molecule has 160 valence electrons. The number of carbonyl (C=O) groups excluding carboxylic acids is 1. The molecule has 2 atom stereocenters. The minimum Gasteiger partial charge on any atom is -0.494 e. The van der Waals surface area contributed by atoms with Gasteiger partial charge >= 0.3 is 0 Å². The first-order valence-corrected chi connectivity index (χ1v) is 13.1. The van der Waals surface area contributed by atoms with Crippen molar-refractivity contribution in [3.63, 3.8) is 0 Å². The van der Waals surface area contributed by atoms with Gasteiger partial charge in [0.15, 0.2) is 15.0 Å². The van der Waals surface area contributed by atoms with Crippen molar-refractivity contribution in [2.75, 3.05) is 23.0 Å². The monoisotopic (exact) mass is 438 g/mol. The molecule has 2 aliphatic heterocycles. The van der Waals surface area contributed by atoms with Crippen LogP contribution in [0.5, 0.6) is 5.75 Å². The third-order valence-electron chi connectivity index (χ3n) is 5.47. The molecule has 0 N–H and O–H groups in total. The number of thioether (sulfide) groups is 1. The first-order valence-electron chi connectivity index (χ1n) is 10.4. The normalized spacial score (nSPS) is 24.3. The van der Waals surface area contributed by atoms with E-state index in [4.69, 9.17) is 4.74 Å². The maximum atomic E-state index is 12.7. The van der Waals surface area contributed by atoms with E-state index in [1.54, 1.807) is 0 Å². The standard InChI is InChI=1S/C21H30N2O4S2/c1-4-7-11-27-17-10-8-9-16(12-17)23-18-13-29(25,26)14-19(18)28-21(23)22-20(24)15(5-2)6-3/h8-10,12,15,18-19H,4-7,11,13-14H2,1-3H3/t18-,19-/m1/s1. The second-order valence-corrected chi connectivity index (χ2v) is 11.0. The molecule has 0 saturated carbocycles. The van der Waals surface area contributed by atoms with Gasteiger partial charge in [-0.15, -0.1) is 0 Å². The number of anilines is 1. The fraction of sp³-hybridized carbons (Fsp3) is 0.619. The topological polar surface area (TPSA) is 76.0 Å². The Morgan fingerprint density at radius 2 is 2.03 bits per heavy atom. The number of hydrogen-bond donors (Lipinski definition) is 0. The number of carbonyl (C=O) groups is 1. The van der Waals surface area contributed by atoms with Crippen LogP contribution in [-0.2, 0) is 14.6 Å². The summed E-state index contributed by atoms with van der Waals surface area (Å²) in [6.07, 6.45) is 3.53. The number of amidine groups is 1. The highest BCUT2D eigenvalue weighted by Crippen LogP contribution is 2.41. The van der Waals surface area contributed by atoms with Gasteiger partial charge in [0.05, 0.1) is 24.2 Å². The van der Waals surface area contributed by atoms with Crippen LogP contribution in [0.3, 0.4) is 0 Å². The zero-order valence-corrected chi connectivity index (χ0v) is 19.0. The summed E-state index contributed by atoms with van der Waals surface area (Å²) < 4.78 is 30.3. The van der Waals surface area contributed by atoms with Crippen molar-refractivity contribution in [2.45, 2.75) is 57.7 Å². The molecule has 0 unspecified atom stereocenters. The van der Waals surface area contributed by atoms with Crippen molar-refractivity contribution in [1.29, 1.82) is 0 Å². The Morgan fingerprint density at radius 1 is 1.28 bits per heavy atom. The molecule has 2 aliphatic rings. The van der Waals surface area contributed by atoms with E-state index in [0.29, 0.717) is 11.8 Å². The van der Waals surface area contributed by atoms with Gasteiger partial charge in [-0.25, -0.2) is 8.42 Å². The zero-order chi connectivity index (χ0) is 21.0. The Hall–Kier alpha value is -1.54. The first-order chi connectivity index (χ1) is 13.9. The number of aliphatic imine (C=N–C) groups is 1. The van der Waals surface area contributed by atoms with Crippen LogP contribution in [0, 0.1) is 5.92 Å². The lowest BCUT2D eigenvalue weighted by Gasteiger charge is -2.25. The van der Waals surface area contributed by atoms with Gasteiger partial charge in [-0.3, -0.25) is 4.79 Å². The average molecular weight is 439 g/mol. The highest BCUT2D eigenvalue weighted by molar-refractivity contribution is 8.16. The Kier molecular flexibility index (Phi) is 7.27. The second-order valence-electron chi connectivity index (χ2n) is 7.62. The van der Waals surface area contributed by atoms with Crippen LogP contribution < -0.4 is 9.64 Å². The van der Waals surface area contributed by atoms with Gasteiger partial charge in [0.1, 0.15) is 5.75 Å². The van der Waals surface area contributed by atoms with Crippen molar-refractivity contribution in [3.05, 3.63) is 24.3 Å². The largest absolute Gasteiger partial charge is 0.494 e. The predicted molar refractivity (Wildman–Crippen MR) is 120 cm³/mol. The van der Waals surface area contributed by atoms with Crippen molar-refractivity contribution in [2.24, 2.45) is 10.9 Å². The highest BCUT2D eigenvalue weighted by Gasteiger charge is 2.49. The molecule has 1 aromatic rings. The molecule has 0 spiro atoms. The number of sulfone groups is 1. The minimum absolute atomic E-state index is 0.0871. The van der Waals surface area contributed by atoms with E-state index in [2.05, 4.69) is 11.9 Å². The summed E-state index contributed by atoms with van der Waals surface area (Å²) >= 11 is 1.42. The molecule has 6 nitrogen and oxygen atoms in total. The SMILES string of the molecule is CCCCOc1cccc(N2C(=NC(=O)C(CC)CC)S[C@@H]3CS(=O)(=O)C[C@H]32)c1. The Bertz CT molecular complexity index is 865. The molecular weight excluding hydrogens is 408 g/mol. The molecular formula is C21H30N2O4S2. The zero-order valence-electron chi connectivity index (χ0n) is 17.3. The first kappa shape index (κ1) is 22.2. The maximum Gasteiger partial charge on any atom is 0.251 e. The van der Waals surface area contributed by atoms with Crippen LogP contribution >= 0.6 is 11.8 Å². The molecule has 29 heavy (non-hydrogen) atoms. The van der Waals surface area contributed by atoms with Crippen molar-refractivity contribution in [3.8, 4) is 5.75 Å². The van der Waals surface area contributed by atoms with Gasteiger partial charge in [0.25, 0.3) is 5.91 Å². The number of hydrogen-bond acceptors (Lipinski definition) is 5. The lowest BCUT2D eigenvalue weighted by Crippen LogP contribution is -2.37. The Labute approximate surface area is 178 Å². The number of ether oxygens (including phenoxy) is 1. The summed E-state index contributed by atoms with van der Waals surface area (Å²) in [5.74, 6) is 0.738.